The number of benzene rings is 14. The lowest BCUT2D eigenvalue weighted by molar-refractivity contribution is 0.669. The van der Waals surface area contributed by atoms with Crippen molar-refractivity contribution in [3.63, 3.8) is 0 Å². The molecule has 8 heterocycles. The quantitative estimate of drug-likeness (QED) is 0.165. The maximum atomic E-state index is 6.86. The number of nitrogens with zero attached hydrogens (tertiary/aromatic N) is 6. The van der Waals surface area contributed by atoms with E-state index in [0.29, 0.717) is 11.9 Å². The summed E-state index contributed by atoms with van der Waals surface area (Å²) in [4.78, 5) is 22.7. The zero-order valence-corrected chi connectivity index (χ0v) is 52.5. The van der Waals surface area contributed by atoms with Crippen molar-refractivity contribution in [2.75, 3.05) is 0 Å². The second-order valence-corrected chi connectivity index (χ2v) is 27.2. The van der Waals surface area contributed by atoms with E-state index in [2.05, 4.69) is 270 Å². The van der Waals surface area contributed by atoms with E-state index >= 15 is 0 Å². The SMILES string of the molecule is c1ccc(-c2nc(-n3c4ccc(-c5cc(-c6cc7c8nc(-n9c%10ccccc%10c%10ccc%11c%12ccccc%12oc%11c%109)nc(-c9ccccc9)c8sc7c7ccccc67)c6ccccc6c5)cc4c4cc5c(cc43)oc3ccccc35)nc3c2sc2c4ccccc4ccc32)cc1. The van der Waals surface area contributed by atoms with Crippen molar-refractivity contribution in [1.29, 1.82) is 0 Å². The van der Waals surface area contributed by atoms with Gasteiger partial charge in [0.05, 0.1) is 48.4 Å². The van der Waals surface area contributed by atoms with Gasteiger partial charge in [-0.1, -0.05) is 212 Å². The van der Waals surface area contributed by atoms with Gasteiger partial charge >= 0.3 is 0 Å². The summed E-state index contributed by atoms with van der Waals surface area (Å²) in [5, 5.41) is 17.8. The highest BCUT2D eigenvalue weighted by atomic mass is 32.1. The molecular weight excluding hydrogens is 1210 g/mol. The third-order valence-electron chi connectivity index (χ3n) is 19.9. The molecule has 0 aliphatic carbocycles. The molecule has 0 N–H and O–H groups in total. The van der Waals surface area contributed by atoms with Crippen LogP contribution in [0.15, 0.2) is 288 Å². The number of rotatable bonds is 6. The first kappa shape index (κ1) is 52.2. The molecule has 0 unspecified atom stereocenters. The summed E-state index contributed by atoms with van der Waals surface area (Å²) in [6.45, 7) is 0. The number of hydrogen-bond acceptors (Lipinski definition) is 8. The maximum Gasteiger partial charge on any atom is 0.236 e. The Morgan fingerprint density at radius 1 is 0.260 bits per heavy atom. The van der Waals surface area contributed by atoms with E-state index < -0.39 is 0 Å². The molecule has 0 bridgehead atoms. The molecule has 96 heavy (non-hydrogen) atoms. The van der Waals surface area contributed by atoms with Crippen molar-refractivity contribution >= 4 is 183 Å². The highest BCUT2D eigenvalue weighted by molar-refractivity contribution is 7.27. The normalized spacial score (nSPS) is 12.4. The van der Waals surface area contributed by atoms with E-state index in [4.69, 9.17) is 28.8 Å². The Morgan fingerprint density at radius 2 is 0.812 bits per heavy atom. The Hall–Kier alpha value is -12.3. The Balaban J connectivity index is 0.786. The third kappa shape index (κ3) is 7.36. The van der Waals surface area contributed by atoms with Crippen LogP contribution in [0.2, 0.25) is 0 Å². The molecule has 444 valence electrons. The number of para-hydroxylation sites is 3. The van der Waals surface area contributed by atoms with E-state index in [0.717, 1.165) is 190 Å². The van der Waals surface area contributed by atoms with Crippen LogP contribution >= 0.6 is 22.7 Å². The van der Waals surface area contributed by atoms with Crippen LogP contribution in [0.1, 0.15) is 0 Å². The molecule has 0 saturated carbocycles. The summed E-state index contributed by atoms with van der Waals surface area (Å²) in [6.07, 6.45) is 0. The standard InChI is InChI=1S/C86H46N6O2S2/c1-3-20-48(21-4-1)75-83-77(62-37-35-47-19-7-10-26-54(47)81(62)95-83)89-85(87-75)91-70-40-36-50(42-65(70)66-45-67-58-30-15-17-33-72(58)93-74(67)46-71(66)91)52-41-51-24-8-9-25-53(51)63(43-52)64-44-68-78-84(96-82(68)61-31-12-11-27-55(61)64)76(49-22-5-2-6-23-49)88-86(90-78)92-69-32-16-13-28-56(69)59-38-39-60-57-29-14-18-34-73(57)94-80(60)79(59)92/h1-46H. The van der Waals surface area contributed by atoms with Gasteiger partial charge in [-0.15, -0.1) is 22.7 Å². The van der Waals surface area contributed by atoms with Crippen molar-refractivity contribution in [2.24, 2.45) is 0 Å². The first-order valence-electron chi connectivity index (χ1n) is 32.2. The summed E-state index contributed by atoms with van der Waals surface area (Å²) in [6, 6.07) is 100. The highest BCUT2D eigenvalue weighted by Gasteiger charge is 2.27. The zero-order valence-electron chi connectivity index (χ0n) is 50.9. The molecule has 0 spiro atoms. The smallest absolute Gasteiger partial charge is 0.236 e. The van der Waals surface area contributed by atoms with Gasteiger partial charge in [0.15, 0.2) is 5.58 Å². The summed E-state index contributed by atoms with van der Waals surface area (Å²) in [7, 11) is 0. The zero-order chi connectivity index (χ0) is 62.4. The van der Waals surface area contributed by atoms with Crippen molar-refractivity contribution in [1.82, 2.24) is 29.1 Å². The Kier molecular flexibility index (Phi) is 10.7. The molecule has 8 aromatic heterocycles. The second kappa shape index (κ2) is 19.6. The van der Waals surface area contributed by atoms with Crippen LogP contribution in [-0.4, -0.2) is 29.1 Å². The second-order valence-electron chi connectivity index (χ2n) is 25.1. The van der Waals surface area contributed by atoms with E-state index in [1.807, 2.05) is 18.2 Å². The molecule has 0 amide bonds. The van der Waals surface area contributed by atoms with E-state index in [1.54, 1.807) is 22.7 Å². The Morgan fingerprint density at radius 3 is 1.57 bits per heavy atom. The van der Waals surface area contributed by atoms with Crippen molar-refractivity contribution < 1.29 is 8.83 Å². The van der Waals surface area contributed by atoms with Crippen LogP contribution in [0, 0.1) is 0 Å². The minimum absolute atomic E-state index is 0.582. The van der Waals surface area contributed by atoms with Gasteiger partial charge in [0.1, 0.15) is 22.3 Å². The molecule has 0 saturated heterocycles. The first-order chi connectivity index (χ1) is 47.6. The molecular formula is C86H46N6O2S2. The average molecular weight is 1260 g/mol. The molecule has 8 nitrogen and oxygen atoms in total. The molecule has 0 aliphatic rings. The third-order valence-corrected chi connectivity index (χ3v) is 22.4. The molecule has 14 aromatic carbocycles. The number of aromatic nitrogens is 6. The van der Waals surface area contributed by atoms with Crippen molar-refractivity contribution in [2.45, 2.75) is 0 Å². The van der Waals surface area contributed by atoms with Gasteiger partial charge in [-0.2, -0.15) is 0 Å². The van der Waals surface area contributed by atoms with Crippen LogP contribution in [-0.2, 0) is 0 Å². The lowest BCUT2D eigenvalue weighted by Crippen LogP contribution is -2.03. The van der Waals surface area contributed by atoms with Crippen molar-refractivity contribution in [3.05, 3.63) is 279 Å². The molecule has 22 aromatic rings. The van der Waals surface area contributed by atoms with Crippen molar-refractivity contribution in [3.8, 4) is 56.7 Å². The minimum atomic E-state index is 0.582. The summed E-state index contributed by atoms with van der Waals surface area (Å²) < 4.78 is 22.5. The predicted octanol–water partition coefficient (Wildman–Crippen LogP) is 24.1. The van der Waals surface area contributed by atoms with Crippen LogP contribution in [0.3, 0.4) is 0 Å². The predicted molar refractivity (Wildman–Crippen MR) is 401 cm³/mol. The summed E-state index contributed by atoms with van der Waals surface area (Å²) in [5.41, 5.74) is 17.3. The van der Waals surface area contributed by atoms with Gasteiger partial charge in [-0.05, 0) is 110 Å². The monoisotopic (exact) mass is 1260 g/mol. The lowest BCUT2D eigenvalue weighted by Gasteiger charge is -2.15. The molecule has 0 aliphatic heterocycles. The molecule has 0 atom stereocenters. The highest BCUT2D eigenvalue weighted by Crippen LogP contribution is 2.50. The number of fused-ring (bicyclic) bond motifs is 24. The van der Waals surface area contributed by atoms with Gasteiger partial charge < -0.3 is 8.83 Å². The van der Waals surface area contributed by atoms with Crippen LogP contribution in [0.4, 0.5) is 0 Å². The molecule has 22 rings (SSSR count). The Labute approximate surface area is 553 Å². The topological polar surface area (TPSA) is 87.7 Å². The van der Waals surface area contributed by atoms with Gasteiger partial charge in [0.25, 0.3) is 0 Å². The summed E-state index contributed by atoms with van der Waals surface area (Å²) in [5.74, 6) is 1.18. The molecule has 0 fully saturated rings. The lowest BCUT2D eigenvalue weighted by atomic mass is 9.89. The van der Waals surface area contributed by atoms with E-state index in [-0.39, 0.29) is 0 Å². The van der Waals surface area contributed by atoms with Gasteiger partial charge in [-0.25, -0.2) is 19.9 Å². The van der Waals surface area contributed by atoms with Gasteiger partial charge in [0.2, 0.25) is 11.9 Å². The van der Waals surface area contributed by atoms with Crippen LogP contribution in [0.25, 0.3) is 217 Å². The average Bonchev–Trinajstić information content (AvgIpc) is 1.55. The van der Waals surface area contributed by atoms with E-state index in [1.165, 1.54) is 15.5 Å². The fourth-order valence-electron chi connectivity index (χ4n) is 15.6. The fourth-order valence-corrected chi connectivity index (χ4v) is 18.1. The number of hydrogen-bond donors (Lipinski definition) is 0. The van der Waals surface area contributed by atoms with Crippen LogP contribution in [0.5, 0.6) is 0 Å². The first-order valence-corrected chi connectivity index (χ1v) is 33.9. The molecule has 10 heteroatoms. The summed E-state index contributed by atoms with van der Waals surface area (Å²) >= 11 is 3.55. The number of thiophene rings is 2. The van der Waals surface area contributed by atoms with Crippen LogP contribution < -0.4 is 0 Å². The Bertz CT molecular complexity index is 7150. The van der Waals surface area contributed by atoms with Gasteiger partial charge in [0, 0.05) is 85.8 Å². The largest absolute Gasteiger partial charge is 0.456 e. The van der Waals surface area contributed by atoms with Gasteiger partial charge in [-0.3, -0.25) is 9.13 Å². The number of furan rings is 2. The minimum Gasteiger partial charge on any atom is -0.456 e. The van der Waals surface area contributed by atoms with E-state index in [9.17, 15) is 0 Å². The fraction of sp³-hybridized carbons (Fsp3) is 0. The molecule has 0 radical (unpaired) electrons. The maximum absolute atomic E-state index is 6.86.